The van der Waals surface area contributed by atoms with E-state index >= 15 is 0 Å². The van der Waals surface area contributed by atoms with E-state index in [9.17, 15) is 72.5 Å². The molecule has 5 aromatic rings. The Morgan fingerprint density at radius 1 is 0.604 bits per heavy atom. The van der Waals surface area contributed by atoms with E-state index in [0.29, 0.717) is 27.4 Å². The van der Waals surface area contributed by atoms with Crippen molar-refractivity contribution < 1.29 is 72.5 Å². The number of nitrogens with one attached hydrogen (secondary N) is 14. The highest BCUT2D eigenvalue weighted by Gasteiger charge is 2.37. The van der Waals surface area contributed by atoms with Crippen LogP contribution in [0, 0.1) is 11.3 Å². The first-order valence-electron chi connectivity index (χ1n) is 30.3. The number of carbonyl (C=O) groups excluding carboxylic acids is 11. The third-order valence-corrected chi connectivity index (χ3v) is 15.8. The van der Waals surface area contributed by atoms with Crippen molar-refractivity contribution in [2.75, 3.05) is 24.6 Å². The highest BCUT2D eigenvalue weighted by Crippen LogP contribution is 2.23. The Bertz CT molecular complexity index is 3620. The van der Waals surface area contributed by atoms with Gasteiger partial charge in [-0.25, -0.2) is 9.78 Å². The highest BCUT2D eigenvalue weighted by atomic mass is 32.1. The van der Waals surface area contributed by atoms with E-state index in [1.807, 2.05) is 6.07 Å². The summed E-state index contributed by atoms with van der Waals surface area (Å²) in [6.45, 7) is 3.78. The van der Waals surface area contributed by atoms with Gasteiger partial charge in [0.05, 0.1) is 31.0 Å². The molecule has 3 aromatic heterocycles. The molecule has 5 rings (SSSR count). The molecule has 0 saturated carbocycles. The minimum atomic E-state index is -2.01. The normalized spacial score (nSPS) is 14.3. The first-order chi connectivity index (χ1) is 45.5. The van der Waals surface area contributed by atoms with Gasteiger partial charge in [-0.15, -0.1) is 0 Å². The zero-order valence-corrected chi connectivity index (χ0v) is 54.8. The van der Waals surface area contributed by atoms with Gasteiger partial charge in [0.25, 0.3) is 0 Å². The first-order valence-corrected chi connectivity index (χ1v) is 31.6. The van der Waals surface area contributed by atoms with Crippen molar-refractivity contribution in [2.24, 2.45) is 30.2 Å². The summed E-state index contributed by atoms with van der Waals surface area (Å²) in [5.74, 6) is -14.9. The predicted molar refractivity (Wildman–Crippen MR) is 355 cm³/mol. The number of carbonyl (C=O) groups is 13. The molecule has 10 atom stereocenters. The Labute approximate surface area is 561 Å². The third-order valence-electron chi connectivity index (χ3n) is 15.1. The number of thiol groups is 2. The summed E-state index contributed by atoms with van der Waals surface area (Å²) < 4.78 is 1.79. The number of carboxylic acids is 2. The number of hydrogen-bond acceptors (Lipinski definition) is 18. The topological polar surface area (TPSA) is 546 Å². The monoisotopic (exact) mass is 1370 g/mol. The summed E-state index contributed by atoms with van der Waals surface area (Å²) in [6, 6.07) is -0.871. The molecule has 0 radical (unpaired) electrons. The number of para-hydroxylation sites is 2. The molecule has 3 heterocycles. The van der Waals surface area contributed by atoms with E-state index < -0.39 is 169 Å². The minimum Gasteiger partial charge on any atom is -0.481 e. The van der Waals surface area contributed by atoms with Gasteiger partial charge in [0.2, 0.25) is 65.0 Å². The number of aliphatic carboxylic acids is 2. The molecule has 22 N–H and O–H groups in total. The smallest absolute Gasteiger partial charge is 0.327 e. The van der Waals surface area contributed by atoms with Crippen molar-refractivity contribution in [3.8, 4) is 0 Å². The maximum Gasteiger partial charge on any atom is 0.327 e. The third kappa shape index (κ3) is 23.4. The summed E-state index contributed by atoms with van der Waals surface area (Å²) in [4.78, 5) is 186. The molecular formula is C60H83N19O15S2. The summed E-state index contributed by atoms with van der Waals surface area (Å²) in [7, 11) is 1.76. The number of aryl methyl sites for hydroxylation is 1. The molecule has 0 fully saturated rings. The maximum atomic E-state index is 14.6. The molecule has 0 aliphatic heterocycles. The second-order valence-electron chi connectivity index (χ2n) is 22.9. The van der Waals surface area contributed by atoms with Gasteiger partial charge in [-0.05, 0) is 55.4 Å². The van der Waals surface area contributed by atoms with Crippen LogP contribution in [-0.4, -0.2) is 198 Å². The van der Waals surface area contributed by atoms with E-state index in [-0.39, 0.29) is 61.8 Å². The van der Waals surface area contributed by atoms with Crippen molar-refractivity contribution in [3.63, 3.8) is 0 Å². The Kier molecular flexibility index (Phi) is 29.5. The largest absolute Gasteiger partial charge is 0.481 e. The maximum absolute atomic E-state index is 14.6. The van der Waals surface area contributed by atoms with E-state index in [1.54, 1.807) is 80.3 Å². The lowest BCUT2D eigenvalue weighted by atomic mass is 9.99. The van der Waals surface area contributed by atoms with Crippen molar-refractivity contribution in [1.29, 1.82) is 5.41 Å². The van der Waals surface area contributed by atoms with Crippen LogP contribution in [0.15, 0.2) is 73.4 Å². The lowest BCUT2D eigenvalue weighted by Gasteiger charge is -2.28. The number of hydrogen-bond donors (Lipinski definition) is 21. The number of nitrogens with two attached hydrogens (primary N) is 3. The van der Waals surface area contributed by atoms with Gasteiger partial charge in [0.1, 0.15) is 54.4 Å². The van der Waals surface area contributed by atoms with Gasteiger partial charge in [-0.2, -0.15) is 25.3 Å². The van der Waals surface area contributed by atoms with Gasteiger partial charge in [-0.3, -0.25) is 62.9 Å². The second-order valence-corrected chi connectivity index (χ2v) is 23.6. The van der Waals surface area contributed by atoms with E-state index in [4.69, 9.17) is 22.6 Å². The van der Waals surface area contributed by atoms with Crippen LogP contribution in [0.25, 0.3) is 21.8 Å². The van der Waals surface area contributed by atoms with Crippen LogP contribution >= 0.6 is 25.3 Å². The molecule has 0 unspecified atom stereocenters. The average molecular weight is 1370 g/mol. The molecule has 0 bridgehead atoms. The number of rotatable bonds is 39. The molecule has 0 spiro atoms. The number of fused-ring (bicyclic) bond motifs is 2. The van der Waals surface area contributed by atoms with Crippen molar-refractivity contribution >= 4 is 130 Å². The van der Waals surface area contributed by atoms with Gasteiger partial charge < -0.3 is 100 Å². The molecule has 96 heavy (non-hydrogen) atoms. The number of aromatic amines is 2. The second kappa shape index (κ2) is 37.0. The van der Waals surface area contributed by atoms with E-state index in [1.165, 1.54) is 19.4 Å². The van der Waals surface area contributed by atoms with Gasteiger partial charge in [0, 0.05) is 91.2 Å². The average Bonchev–Trinajstić information content (AvgIpc) is 1.65. The van der Waals surface area contributed by atoms with Crippen molar-refractivity contribution in [2.45, 2.75) is 133 Å². The fourth-order valence-electron chi connectivity index (χ4n) is 9.94. The summed E-state index contributed by atoms with van der Waals surface area (Å²) in [5.41, 5.74) is 19.4. The van der Waals surface area contributed by atoms with Crippen LogP contribution in [-0.2, 0) is 88.6 Å². The van der Waals surface area contributed by atoms with Crippen LogP contribution in [0.3, 0.4) is 0 Å². The molecule has 11 amide bonds. The van der Waals surface area contributed by atoms with Crippen LogP contribution < -0.4 is 75.7 Å². The van der Waals surface area contributed by atoms with Crippen molar-refractivity contribution in [1.82, 2.24) is 78.0 Å². The highest BCUT2D eigenvalue weighted by molar-refractivity contribution is 7.80. The Morgan fingerprint density at radius 3 is 1.76 bits per heavy atom. The first kappa shape index (κ1) is 76.5. The fraction of sp³-hybridized carbons (Fsp3) is 0.450. The molecule has 0 aliphatic rings. The molecule has 520 valence electrons. The summed E-state index contributed by atoms with van der Waals surface area (Å²) in [6.07, 6.45) is 3.14. The van der Waals surface area contributed by atoms with E-state index in [0.717, 1.165) is 5.52 Å². The number of H-pyrrole nitrogens is 2. The van der Waals surface area contributed by atoms with Crippen LogP contribution in [0.2, 0.25) is 0 Å². The number of primary amides is 1. The lowest BCUT2D eigenvalue weighted by molar-refractivity contribution is -0.142. The summed E-state index contributed by atoms with van der Waals surface area (Å²) in [5, 5.41) is 55.6. The predicted octanol–water partition coefficient (Wildman–Crippen LogP) is -4.16. The molecule has 34 nitrogen and oxygen atoms in total. The van der Waals surface area contributed by atoms with Crippen LogP contribution in [0.4, 0.5) is 0 Å². The number of imidazole rings is 1. The number of carboxylic acid groups (broad SMARTS) is 2. The lowest BCUT2D eigenvalue weighted by Crippen LogP contribution is -2.61. The van der Waals surface area contributed by atoms with Crippen LogP contribution in [0.1, 0.15) is 69.7 Å². The summed E-state index contributed by atoms with van der Waals surface area (Å²) >= 11 is 8.05. The number of aromatic nitrogens is 4. The SMILES string of the molecule is CC(C)[C@H](NC(=O)[C@@H](N)CS)C(=O)N[C@@H](Cc1cn(C)c2ccccc12)C(=O)N[C@@H](CCC(N)=O)C(=O)N[C@@H](CC(=O)O)C(=O)N[C@@H](Cc1c[nH]c2ccccc12)C(=O)NCC(=O)N[C@@H](C)C(=O)N[C@@H](Cc1c[nH]cn1)C(=O)N[C@@H](CCCNC(=N)N)C(=O)N[C@@H](CS)C(=O)O. The number of benzene rings is 2. The van der Waals surface area contributed by atoms with E-state index in [2.05, 4.69) is 98.7 Å². The number of guanidine groups is 1. The molecular weight excluding hydrogens is 1290 g/mol. The Morgan fingerprint density at radius 2 is 1.16 bits per heavy atom. The minimum absolute atomic E-state index is 0.0515. The zero-order chi connectivity index (χ0) is 70.9. The molecule has 2 aromatic carbocycles. The number of amides is 11. The quantitative estimate of drug-likeness (QED) is 0.00768. The van der Waals surface area contributed by atoms with Crippen LogP contribution in [0.5, 0.6) is 0 Å². The molecule has 36 heteroatoms. The molecule has 0 saturated heterocycles. The van der Waals surface area contributed by atoms with Gasteiger partial charge in [0.15, 0.2) is 5.96 Å². The van der Waals surface area contributed by atoms with Crippen molar-refractivity contribution in [3.05, 3.63) is 90.3 Å². The fourth-order valence-corrected chi connectivity index (χ4v) is 10.4. The zero-order valence-electron chi connectivity index (χ0n) is 53.0. The standard InChI is InChI=1S/C60H83N19O15S2/c1-29(2)49(78-51(85)36(61)26-95)58(92)76-41(19-32-25-79(4)45-14-8-6-11-35(32)45)55(89)72-39(15-16-46(62)80)54(88)75-43(21-48(82)83)57(91)74-40(18-31-22-67-37-12-7-5-10-34(31)37)52(86)68-24-47(81)70-30(3)50(84)73-42(20-33-23-65-28-69-33)56(90)71-38(13-9-17-66-60(63)64)53(87)77-44(27-96)59(93)94/h5-8,10-12,14,22-23,25,28-30,36,38-44,49,67,95-96H,9,13,15-21,24,26-27,61H2,1-4H3,(H2,62,80)(H,65,69)(H,68,86)(H,70,81)(H,71,90)(H,72,89)(H,73,84)(H,74,91)(H,75,88)(H,76,92)(H,77,87)(H,78,85)(H,82,83)(H,93,94)(H4,63,64,66)/t30-,36-,38-,39-,40-,41-,42-,43-,44-,49-/m0/s1. The Hall–Kier alpha value is -10.2. The van der Waals surface area contributed by atoms with Gasteiger partial charge in [-0.1, -0.05) is 50.2 Å². The Balaban J connectivity index is 1.35. The number of nitrogens with zero attached hydrogens (tertiary/aromatic N) is 2. The molecule has 0 aliphatic carbocycles. The van der Waals surface area contributed by atoms with Gasteiger partial charge >= 0.3 is 11.9 Å².